The van der Waals surface area contributed by atoms with Crippen molar-refractivity contribution in [3.8, 4) is 0 Å². The smallest absolute Gasteiger partial charge is 0.0589 e. The van der Waals surface area contributed by atoms with Gasteiger partial charge in [0.2, 0.25) is 0 Å². The van der Waals surface area contributed by atoms with Crippen LogP contribution < -0.4 is 5.32 Å². The molecule has 1 unspecified atom stereocenters. The zero-order chi connectivity index (χ0) is 11.8. The molecule has 0 aromatic heterocycles. The van der Waals surface area contributed by atoms with Crippen molar-refractivity contribution in [3.05, 3.63) is 0 Å². The minimum absolute atomic E-state index is 0.705. The van der Waals surface area contributed by atoms with Gasteiger partial charge in [-0.2, -0.15) is 0 Å². The Balaban J connectivity index is 2.26. The fraction of sp³-hybridized carbons (Fsp3) is 1.00. The van der Waals surface area contributed by atoms with E-state index in [0.29, 0.717) is 6.04 Å². The summed E-state index contributed by atoms with van der Waals surface area (Å²) in [5, 5.41) is 3.69. The van der Waals surface area contributed by atoms with Crippen molar-refractivity contribution in [3.63, 3.8) is 0 Å². The lowest BCUT2D eigenvalue weighted by molar-refractivity contribution is 0.141. The third kappa shape index (κ3) is 5.28. The maximum atomic E-state index is 5.15. The van der Waals surface area contributed by atoms with Gasteiger partial charge in [-0.05, 0) is 38.3 Å². The van der Waals surface area contributed by atoms with Crippen LogP contribution in [0.1, 0.15) is 33.1 Å². The van der Waals surface area contributed by atoms with E-state index >= 15 is 0 Å². The van der Waals surface area contributed by atoms with Crippen molar-refractivity contribution in [1.29, 1.82) is 0 Å². The lowest BCUT2D eigenvalue weighted by Crippen LogP contribution is -2.43. The number of likely N-dealkylation sites (N-methyl/N-ethyl adjacent to an activating group) is 1. The van der Waals surface area contributed by atoms with E-state index < -0.39 is 0 Å². The Morgan fingerprint density at radius 3 is 2.62 bits per heavy atom. The lowest BCUT2D eigenvalue weighted by atomic mass is 10.1. The Hall–Kier alpha value is -0.120. The van der Waals surface area contributed by atoms with Gasteiger partial charge in [-0.15, -0.1) is 0 Å². The van der Waals surface area contributed by atoms with E-state index in [2.05, 4.69) is 24.1 Å². The molecule has 96 valence electrons. The normalized spacial score (nSPS) is 18.0. The largest absolute Gasteiger partial charge is 0.383 e. The highest BCUT2D eigenvalue weighted by Gasteiger charge is 2.31. The van der Waals surface area contributed by atoms with Crippen molar-refractivity contribution in [2.75, 3.05) is 39.9 Å². The molecule has 0 amide bonds. The molecule has 0 aliphatic heterocycles. The summed E-state index contributed by atoms with van der Waals surface area (Å²) >= 11 is 0. The quantitative estimate of drug-likeness (QED) is 0.616. The summed E-state index contributed by atoms with van der Waals surface area (Å²) in [5.41, 5.74) is 0. The van der Waals surface area contributed by atoms with Crippen LogP contribution in [0.2, 0.25) is 0 Å². The van der Waals surface area contributed by atoms with E-state index in [0.717, 1.165) is 32.2 Å². The number of methoxy groups -OCH3 is 1. The standard InChI is InChI=1S/C13H28N2O/c1-4-8-14-13(12-6-7-12)11-15(5-2)9-10-16-3/h12-14H,4-11H2,1-3H3. The molecule has 1 N–H and O–H groups in total. The Kier molecular flexibility index (Phi) is 7.01. The van der Waals surface area contributed by atoms with Crippen LogP contribution in [0.15, 0.2) is 0 Å². The molecule has 0 spiro atoms. The van der Waals surface area contributed by atoms with Gasteiger partial charge in [-0.1, -0.05) is 13.8 Å². The molecular formula is C13H28N2O. The van der Waals surface area contributed by atoms with E-state index in [1.165, 1.54) is 25.8 Å². The summed E-state index contributed by atoms with van der Waals surface area (Å²) < 4.78 is 5.15. The minimum atomic E-state index is 0.705. The molecule has 1 rings (SSSR count). The number of ether oxygens (including phenoxy) is 1. The predicted octanol–water partition coefficient (Wildman–Crippen LogP) is 1.73. The molecule has 1 aliphatic rings. The van der Waals surface area contributed by atoms with E-state index in [-0.39, 0.29) is 0 Å². The second-order valence-corrected chi connectivity index (χ2v) is 4.78. The molecule has 16 heavy (non-hydrogen) atoms. The number of nitrogens with zero attached hydrogens (tertiary/aromatic N) is 1. The predicted molar refractivity (Wildman–Crippen MR) is 68.8 cm³/mol. The summed E-state index contributed by atoms with van der Waals surface area (Å²) in [4.78, 5) is 2.50. The first-order valence-electron chi connectivity index (χ1n) is 6.76. The molecule has 1 aliphatic carbocycles. The van der Waals surface area contributed by atoms with Crippen LogP contribution in [0.5, 0.6) is 0 Å². The summed E-state index contributed by atoms with van der Waals surface area (Å²) in [6, 6.07) is 0.705. The van der Waals surface area contributed by atoms with Crippen LogP contribution in [0.25, 0.3) is 0 Å². The second-order valence-electron chi connectivity index (χ2n) is 4.78. The molecule has 3 heteroatoms. The Bertz CT molecular complexity index is 171. The van der Waals surface area contributed by atoms with Crippen LogP contribution in [0.3, 0.4) is 0 Å². The highest BCUT2D eigenvalue weighted by Crippen LogP contribution is 2.32. The lowest BCUT2D eigenvalue weighted by Gasteiger charge is -2.27. The Morgan fingerprint density at radius 2 is 2.12 bits per heavy atom. The van der Waals surface area contributed by atoms with E-state index in [1.807, 2.05) is 0 Å². The highest BCUT2D eigenvalue weighted by molar-refractivity contribution is 4.88. The third-order valence-electron chi connectivity index (χ3n) is 3.36. The maximum absolute atomic E-state index is 5.15. The molecule has 1 atom stereocenters. The summed E-state index contributed by atoms with van der Waals surface area (Å²) in [6.07, 6.45) is 4.07. The van der Waals surface area contributed by atoms with Crippen molar-refractivity contribution in [2.24, 2.45) is 5.92 Å². The van der Waals surface area contributed by atoms with Crippen LogP contribution in [-0.4, -0.2) is 50.8 Å². The summed E-state index contributed by atoms with van der Waals surface area (Å²) in [5.74, 6) is 0.933. The van der Waals surface area contributed by atoms with Gasteiger partial charge in [0.1, 0.15) is 0 Å². The monoisotopic (exact) mass is 228 g/mol. The fourth-order valence-electron chi connectivity index (χ4n) is 2.09. The summed E-state index contributed by atoms with van der Waals surface area (Å²) in [6.45, 7) is 9.84. The first kappa shape index (κ1) is 13.9. The van der Waals surface area contributed by atoms with Gasteiger partial charge in [0.15, 0.2) is 0 Å². The molecule has 0 aromatic carbocycles. The molecule has 1 fully saturated rings. The SMILES string of the molecule is CCCNC(CN(CC)CCOC)C1CC1. The first-order chi connectivity index (χ1) is 7.81. The van der Waals surface area contributed by atoms with Crippen molar-refractivity contribution in [2.45, 2.75) is 39.2 Å². The Labute approximate surface area is 101 Å². The van der Waals surface area contributed by atoms with Crippen molar-refractivity contribution >= 4 is 0 Å². The zero-order valence-electron chi connectivity index (χ0n) is 11.2. The van der Waals surface area contributed by atoms with Crippen LogP contribution in [-0.2, 0) is 4.74 Å². The number of hydrogen-bond acceptors (Lipinski definition) is 3. The molecule has 3 nitrogen and oxygen atoms in total. The van der Waals surface area contributed by atoms with E-state index in [9.17, 15) is 0 Å². The fourth-order valence-corrected chi connectivity index (χ4v) is 2.09. The first-order valence-corrected chi connectivity index (χ1v) is 6.76. The van der Waals surface area contributed by atoms with Crippen LogP contribution >= 0.6 is 0 Å². The number of hydrogen-bond donors (Lipinski definition) is 1. The molecule has 0 radical (unpaired) electrons. The van der Waals surface area contributed by atoms with Crippen LogP contribution in [0, 0.1) is 5.92 Å². The number of nitrogens with one attached hydrogen (secondary N) is 1. The van der Waals surface area contributed by atoms with Crippen molar-refractivity contribution in [1.82, 2.24) is 10.2 Å². The zero-order valence-corrected chi connectivity index (χ0v) is 11.2. The van der Waals surface area contributed by atoms with Gasteiger partial charge >= 0.3 is 0 Å². The minimum Gasteiger partial charge on any atom is -0.383 e. The molecule has 0 saturated heterocycles. The number of rotatable bonds is 10. The highest BCUT2D eigenvalue weighted by atomic mass is 16.5. The van der Waals surface area contributed by atoms with Gasteiger partial charge in [0.05, 0.1) is 6.61 Å². The van der Waals surface area contributed by atoms with Crippen molar-refractivity contribution < 1.29 is 4.74 Å². The van der Waals surface area contributed by atoms with Gasteiger partial charge in [0, 0.05) is 26.2 Å². The molecule has 0 bridgehead atoms. The topological polar surface area (TPSA) is 24.5 Å². The van der Waals surface area contributed by atoms with E-state index in [4.69, 9.17) is 4.74 Å². The maximum Gasteiger partial charge on any atom is 0.0589 e. The average Bonchev–Trinajstić information content (AvgIpc) is 3.12. The molecule has 1 saturated carbocycles. The van der Waals surface area contributed by atoms with Gasteiger partial charge in [-0.25, -0.2) is 0 Å². The average molecular weight is 228 g/mol. The van der Waals surface area contributed by atoms with Gasteiger partial charge in [-0.3, -0.25) is 4.90 Å². The van der Waals surface area contributed by atoms with Gasteiger partial charge < -0.3 is 10.1 Å². The third-order valence-corrected chi connectivity index (χ3v) is 3.36. The summed E-state index contributed by atoms with van der Waals surface area (Å²) in [7, 11) is 1.78. The second kappa shape index (κ2) is 8.04. The van der Waals surface area contributed by atoms with E-state index in [1.54, 1.807) is 7.11 Å². The molecule has 0 heterocycles. The Morgan fingerprint density at radius 1 is 1.38 bits per heavy atom. The van der Waals surface area contributed by atoms with Crippen LogP contribution in [0.4, 0.5) is 0 Å². The molecule has 0 aromatic rings. The van der Waals surface area contributed by atoms with Gasteiger partial charge in [0.25, 0.3) is 0 Å². The molecular weight excluding hydrogens is 200 g/mol.